The van der Waals surface area contributed by atoms with Crippen molar-refractivity contribution in [3.8, 4) is 5.75 Å². The number of benzene rings is 1. The lowest BCUT2D eigenvalue weighted by molar-refractivity contribution is 0.477. The van der Waals surface area contributed by atoms with Gasteiger partial charge in [0.25, 0.3) is 0 Å². The standard InChI is InChI=1S/C7H6INO/c8-5-9-6-3-1-2-4-7(6)10/h1-5,10H. The topological polar surface area (TPSA) is 32.6 Å². The summed E-state index contributed by atoms with van der Waals surface area (Å²) in [5.41, 5.74) is 0.608. The van der Waals surface area contributed by atoms with Crippen LogP contribution in [0.2, 0.25) is 0 Å². The van der Waals surface area contributed by atoms with Crippen LogP contribution in [0.5, 0.6) is 5.75 Å². The van der Waals surface area contributed by atoms with Crippen LogP contribution in [0.1, 0.15) is 0 Å². The van der Waals surface area contributed by atoms with Gasteiger partial charge in [0.1, 0.15) is 11.4 Å². The van der Waals surface area contributed by atoms with Gasteiger partial charge in [0.15, 0.2) is 0 Å². The fraction of sp³-hybridized carbons (Fsp3) is 0. The van der Waals surface area contributed by atoms with E-state index in [0.29, 0.717) is 5.69 Å². The molecule has 0 unspecified atom stereocenters. The van der Waals surface area contributed by atoms with Crippen LogP contribution < -0.4 is 0 Å². The Morgan fingerprint density at radius 2 is 2.10 bits per heavy atom. The second-order valence-electron chi connectivity index (χ2n) is 1.72. The molecule has 1 rings (SSSR count). The van der Waals surface area contributed by atoms with Crippen LogP contribution in [0, 0.1) is 0 Å². The number of rotatable bonds is 1. The second kappa shape index (κ2) is 3.55. The van der Waals surface area contributed by atoms with Crippen molar-refractivity contribution in [1.29, 1.82) is 0 Å². The second-order valence-corrected chi connectivity index (χ2v) is 2.27. The maximum atomic E-state index is 9.12. The van der Waals surface area contributed by atoms with Gasteiger partial charge >= 0.3 is 0 Å². The molecule has 1 N–H and O–H groups in total. The van der Waals surface area contributed by atoms with E-state index in [2.05, 4.69) is 4.99 Å². The summed E-state index contributed by atoms with van der Waals surface area (Å²) in [4.78, 5) is 3.92. The fourth-order valence-corrected chi connectivity index (χ4v) is 0.926. The largest absolute Gasteiger partial charge is 0.506 e. The van der Waals surface area contributed by atoms with E-state index in [4.69, 9.17) is 5.11 Å². The minimum Gasteiger partial charge on any atom is -0.506 e. The number of phenols is 1. The van der Waals surface area contributed by atoms with Crippen molar-refractivity contribution in [3.05, 3.63) is 24.3 Å². The Hall–Kier alpha value is -0.580. The van der Waals surface area contributed by atoms with Gasteiger partial charge in [-0.2, -0.15) is 0 Å². The molecule has 0 spiro atoms. The Morgan fingerprint density at radius 3 is 2.70 bits per heavy atom. The van der Waals surface area contributed by atoms with Crippen LogP contribution in [-0.2, 0) is 0 Å². The monoisotopic (exact) mass is 247 g/mol. The fourth-order valence-electron chi connectivity index (χ4n) is 0.626. The summed E-state index contributed by atoms with van der Waals surface area (Å²) in [6.07, 6.45) is 0. The molecule has 0 saturated carbocycles. The molecule has 0 amide bonds. The summed E-state index contributed by atoms with van der Waals surface area (Å²) in [6, 6.07) is 6.96. The van der Waals surface area contributed by atoms with Gasteiger partial charge < -0.3 is 5.11 Å². The molecule has 3 heteroatoms. The maximum Gasteiger partial charge on any atom is 0.141 e. The van der Waals surface area contributed by atoms with Crippen molar-refractivity contribution in [2.45, 2.75) is 0 Å². The van der Waals surface area contributed by atoms with Gasteiger partial charge in [0, 0.05) is 0 Å². The minimum absolute atomic E-state index is 0.218. The van der Waals surface area contributed by atoms with E-state index in [1.165, 1.54) is 0 Å². The molecule has 52 valence electrons. The first-order chi connectivity index (χ1) is 4.84. The first kappa shape index (κ1) is 7.53. The lowest BCUT2D eigenvalue weighted by atomic mass is 10.3. The van der Waals surface area contributed by atoms with Gasteiger partial charge in [-0.1, -0.05) is 12.1 Å². The Labute approximate surface area is 72.7 Å². The highest BCUT2D eigenvalue weighted by Crippen LogP contribution is 2.24. The predicted molar refractivity (Wildman–Crippen MR) is 50.3 cm³/mol. The normalized spacial score (nSPS) is 10.5. The zero-order valence-corrected chi connectivity index (χ0v) is 7.32. The smallest absolute Gasteiger partial charge is 0.141 e. The van der Waals surface area contributed by atoms with Crippen molar-refractivity contribution in [2.75, 3.05) is 0 Å². The lowest BCUT2D eigenvalue weighted by Crippen LogP contribution is -1.65. The summed E-state index contributed by atoms with van der Waals surface area (Å²) in [7, 11) is 0. The van der Waals surface area contributed by atoms with Gasteiger partial charge in [0.2, 0.25) is 0 Å². The van der Waals surface area contributed by atoms with E-state index >= 15 is 0 Å². The van der Waals surface area contributed by atoms with E-state index in [9.17, 15) is 0 Å². The molecule has 1 aromatic carbocycles. The molecule has 0 aliphatic heterocycles. The number of hydrogen-bond acceptors (Lipinski definition) is 2. The number of para-hydroxylation sites is 2. The van der Waals surface area contributed by atoms with E-state index < -0.39 is 0 Å². The Bertz CT molecular complexity index is 247. The molecule has 0 aliphatic rings. The van der Waals surface area contributed by atoms with E-state index in [0.717, 1.165) is 0 Å². The summed E-state index contributed by atoms with van der Waals surface area (Å²) in [5, 5.41) is 9.12. The number of halogens is 1. The zero-order chi connectivity index (χ0) is 7.40. The van der Waals surface area contributed by atoms with Gasteiger partial charge in [0.05, 0.1) is 4.22 Å². The van der Waals surface area contributed by atoms with Gasteiger partial charge in [-0.05, 0) is 34.7 Å². The van der Waals surface area contributed by atoms with Crippen LogP contribution >= 0.6 is 22.6 Å². The number of hydrogen-bond donors (Lipinski definition) is 1. The summed E-state index contributed by atoms with van der Waals surface area (Å²) in [5.74, 6) is 0.218. The van der Waals surface area contributed by atoms with E-state index in [1.807, 2.05) is 28.7 Å². The molecular formula is C7H6INO. The molecule has 0 fully saturated rings. The van der Waals surface area contributed by atoms with Crippen molar-refractivity contribution in [3.63, 3.8) is 0 Å². The minimum atomic E-state index is 0.218. The molecular weight excluding hydrogens is 241 g/mol. The molecule has 0 aromatic heterocycles. The third-order valence-electron chi connectivity index (χ3n) is 1.07. The van der Waals surface area contributed by atoms with Crippen molar-refractivity contribution < 1.29 is 5.11 Å². The molecule has 1 aromatic rings. The quantitative estimate of drug-likeness (QED) is 0.600. The lowest BCUT2D eigenvalue weighted by Gasteiger charge is -1.93. The third-order valence-corrected chi connectivity index (χ3v) is 1.35. The molecule has 0 heterocycles. The molecule has 0 aliphatic carbocycles. The van der Waals surface area contributed by atoms with Crippen LogP contribution in [-0.4, -0.2) is 9.33 Å². The van der Waals surface area contributed by atoms with Crippen molar-refractivity contribution in [1.82, 2.24) is 0 Å². The average molecular weight is 247 g/mol. The van der Waals surface area contributed by atoms with Crippen LogP contribution in [0.4, 0.5) is 5.69 Å². The molecule has 0 atom stereocenters. The summed E-state index contributed by atoms with van der Waals surface area (Å²) in [6.45, 7) is 0. The Kier molecular flexibility index (Phi) is 2.68. The predicted octanol–water partition coefficient (Wildman–Crippen LogP) is 2.49. The number of nitrogens with zero attached hydrogens (tertiary/aromatic N) is 1. The van der Waals surface area contributed by atoms with E-state index in [-0.39, 0.29) is 5.75 Å². The average Bonchev–Trinajstić information content (AvgIpc) is 1.94. The molecule has 0 bridgehead atoms. The number of phenolic OH excluding ortho intramolecular Hbond substituents is 1. The van der Waals surface area contributed by atoms with Gasteiger partial charge in [-0.3, -0.25) is 0 Å². The summed E-state index contributed by atoms with van der Waals surface area (Å²) < 4.78 is 1.62. The number of aromatic hydroxyl groups is 1. The van der Waals surface area contributed by atoms with E-state index in [1.54, 1.807) is 22.4 Å². The Balaban J connectivity index is 3.03. The van der Waals surface area contributed by atoms with Crippen molar-refractivity contribution in [2.24, 2.45) is 4.99 Å². The number of aliphatic imine (C=N–C) groups is 1. The van der Waals surface area contributed by atoms with Gasteiger partial charge in [-0.15, -0.1) is 0 Å². The third kappa shape index (κ3) is 1.70. The van der Waals surface area contributed by atoms with Crippen LogP contribution in [0.3, 0.4) is 0 Å². The first-order valence-corrected chi connectivity index (χ1v) is 4.00. The molecule has 0 radical (unpaired) electrons. The van der Waals surface area contributed by atoms with Gasteiger partial charge in [-0.25, -0.2) is 4.99 Å². The van der Waals surface area contributed by atoms with Crippen LogP contribution in [0.25, 0.3) is 0 Å². The Morgan fingerprint density at radius 1 is 1.40 bits per heavy atom. The zero-order valence-electron chi connectivity index (χ0n) is 5.16. The first-order valence-electron chi connectivity index (χ1n) is 2.75. The molecule has 10 heavy (non-hydrogen) atoms. The maximum absolute atomic E-state index is 9.12. The SMILES string of the molecule is Oc1ccccc1N=CI. The summed E-state index contributed by atoms with van der Waals surface area (Å²) >= 11 is 2.00. The molecule has 2 nitrogen and oxygen atoms in total. The van der Waals surface area contributed by atoms with Crippen molar-refractivity contribution >= 4 is 32.5 Å². The van der Waals surface area contributed by atoms with Crippen LogP contribution in [0.15, 0.2) is 29.3 Å². The highest BCUT2D eigenvalue weighted by Gasteiger charge is 1.92. The highest BCUT2D eigenvalue weighted by atomic mass is 127. The highest BCUT2D eigenvalue weighted by molar-refractivity contribution is 14.1. The molecule has 0 saturated heterocycles.